The molecule has 234 valence electrons. The molecule has 1 saturated heterocycles. The van der Waals surface area contributed by atoms with E-state index in [-0.39, 0.29) is 23.7 Å². The molecule has 2 aromatic heterocycles. The van der Waals surface area contributed by atoms with Crippen molar-refractivity contribution in [1.29, 1.82) is 0 Å². The van der Waals surface area contributed by atoms with Crippen LogP contribution in [0.2, 0.25) is 0 Å². The van der Waals surface area contributed by atoms with Crippen molar-refractivity contribution in [2.75, 3.05) is 31.5 Å². The van der Waals surface area contributed by atoms with Crippen LogP contribution in [0.25, 0.3) is 16.9 Å². The van der Waals surface area contributed by atoms with Crippen LogP contribution in [0.4, 0.5) is 25.1 Å². The van der Waals surface area contributed by atoms with Crippen LogP contribution in [0.3, 0.4) is 0 Å². The van der Waals surface area contributed by atoms with E-state index in [0.717, 1.165) is 41.8 Å². The monoisotopic (exact) mass is 615 g/mol. The van der Waals surface area contributed by atoms with E-state index in [1.54, 1.807) is 46.6 Å². The number of benzene rings is 2. The fourth-order valence-electron chi connectivity index (χ4n) is 5.79. The van der Waals surface area contributed by atoms with Gasteiger partial charge in [0.25, 0.3) is 5.91 Å². The van der Waals surface area contributed by atoms with Gasteiger partial charge in [-0.1, -0.05) is 11.6 Å². The van der Waals surface area contributed by atoms with Gasteiger partial charge in [0.1, 0.15) is 5.75 Å². The van der Waals surface area contributed by atoms with Crippen LogP contribution in [0.1, 0.15) is 42.1 Å². The predicted molar refractivity (Wildman–Crippen MR) is 167 cm³/mol. The van der Waals surface area contributed by atoms with Crippen LogP contribution in [0.15, 0.2) is 72.7 Å². The number of halogens is 2. The Balaban J connectivity index is 1.09. The number of nitrogens with one attached hydrogen (secondary N) is 2. The number of hydrogen-bond acceptors (Lipinski definition) is 6. The average molecular weight is 616 g/mol. The van der Waals surface area contributed by atoms with Gasteiger partial charge in [-0.3, -0.25) is 9.20 Å². The molecule has 1 aliphatic heterocycles. The quantitative estimate of drug-likeness (QED) is 0.247. The fourth-order valence-corrected chi connectivity index (χ4v) is 5.79. The number of nitrogens with zero attached hydrogens (tertiary/aromatic N) is 5. The molecule has 0 radical (unpaired) electrons. The first-order valence-corrected chi connectivity index (χ1v) is 15.0. The number of aromatic nitrogens is 3. The summed E-state index contributed by atoms with van der Waals surface area (Å²) in [5, 5.41) is 6.45. The van der Waals surface area contributed by atoms with Gasteiger partial charge in [-0.15, -0.1) is 0 Å². The number of ether oxygens (including phenoxy) is 1. The molecule has 2 N–H and O–H groups in total. The molecule has 45 heavy (non-hydrogen) atoms. The third kappa shape index (κ3) is 6.74. The number of piperazine rings is 1. The van der Waals surface area contributed by atoms with E-state index in [2.05, 4.69) is 38.3 Å². The summed E-state index contributed by atoms with van der Waals surface area (Å²) >= 11 is 0. The zero-order valence-electron chi connectivity index (χ0n) is 25.2. The molecule has 3 heterocycles. The van der Waals surface area contributed by atoms with E-state index < -0.39 is 6.61 Å². The van der Waals surface area contributed by atoms with Crippen molar-refractivity contribution >= 4 is 29.1 Å². The summed E-state index contributed by atoms with van der Waals surface area (Å²) in [6, 6.07) is 12.0. The van der Waals surface area contributed by atoms with Crippen LogP contribution < -0.4 is 15.4 Å². The summed E-state index contributed by atoms with van der Waals surface area (Å²) in [4.78, 5) is 38.8. The highest BCUT2D eigenvalue weighted by Gasteiger charge is 2.27. The topological polar surface area (TPSA) is 104 Å². The van der Waals surface area contributed by atoms with Crippen molar-refractivity contribution in [2.24, 2.45) is 0 Å². The minimum Gasteiger partial charge on any atom is -0.435 e. The molecular weight excluding hydrogens is 580 g/mol. The minimum atomic E-state index is -2.88. The molecule has 1 atom stereocenters. The third-order valence-corrected chi connectivity index (χ3v) is 8.34. The molecular formula is C33H35F2N7O3. The second kappa shape index (κ2) is 12.9. The number of rotatable bonds is 7. The van der Waals surface area contributed by atoms with Gasteiger partial charge in [-0.05, 0) is 81.1 Å². The summed E-state index contributed by atoms with van der Waals surface area (Å²) in [5.41, 5.74) is 5.66. The number of allylic oxidation sites excluding steroid dienone is 1. The SMILES string of the molecule is CC1=CC[C@@H](NC(=O)N2CCN(C(=O)c3ccc(Nc4nccn5c(-c6ccc(OC(F)F)cc6)cnc45)cc3C)CC2)CC1. The Morgan fingerprint density at radius 1 is 1.00 bits per heavy atom. The van der Waals surface area contributed by atoms with Crippen LogP contribution in [0, 0.1) is 6.92 Å². The van der Waals surface area contributed by atoms with E-state index in [4.69, 9.17) is 0 Å². The molecule has 2 aliphatic rings. The molecule has 4 aromatic rings. The zero-order valence-corrected chi connectivity index (χ0v) is 25.2. The van der Waals surface area contributed by atoms with Crippen molar-refractivity contribution in [3.8, 4) is 17.0 Å². The summed E-state index contributed by atoms with van der Waals surface area (Å²) in [5.74, 6) is 0.542. The van der Waals surface area contributed by atoms with E-state index in [1.165, 1.54) is 17.7 Å². The first kappa shape index (κ1) is 30.0. The average Bonchev–Trinajstić information content (AvgIpc) is 3.47. The second-order valence-electron chi connectivity index (χ2n) is 11.4. The van der Waals surface area contributed by atoms with Crippen molar-refractivity contribution in [3.63, 3.8) is 0 Å². The molecule has 0 saturated carbocycles. The van der Waals surface area contributed by atoms with Gasteiger partial charge in [0, 0.05) is 61.4 Å². The second-order valence-corrected chi connectivity index (χ2v) is 11.4. The maximum Gasteiger partial charge on any atom is 0.387 e. The highest BCUT2D eigenvalue weighted by molar-refractivity contribution is 5.96. The Hall–Kier alpha value is -5.00. The van der Waals surface area contributed by atoms with Gasteiger partial charge in [-0.2, -0.15) is 8.78 Å². The normalized spacial score (nSPS) is 16.9. The third-order valence-electron chi connectivity index (χ3n) is 8.34. The van der Waals surface area contributed by atoms with Gasteiger partial charge in [0.05, 0.1) is 11.9 Å². The summed E-state index contributed by atoms with van der Waals surface area (Å²) in [6.45, 7) is 3.08. The Labute approximate surface area is 259 Å². The number of imidazole rings is 1. The number of carbonyl (C=O) groups excluding carboxylic acids is 2. The highest BCUT2D eigenvalue weighted by Crippen LogP contribution is 2.28. The largest absolute Gasteiger partial charge is 0.435 e. The van der Waals surface area contributed by atoms with Crippen molar-refractivity contribution < 1.29 is 23.1 Å². The molecule has 1 aliphatic carbocycles. The van der Waals surface area contributed by atoms with Crippen LogP contribution in [0.5, 0.6) is 5.75 Å². The molecule has 10 nitrogen and oxygen atoms in total. The Morgan fingerprint density at radius 2 is 1.76 bits per heavy atom. The lowest BCUT2D eigenvalue weighted by Gasteiger charge is -2.36. The summed E-state index contributed by atoms with van der Waals surface area (Å²) in [6.07, 6.45) is 10.1. The number of alkyl halides is 2. The maximum atomic E-state index is 13.4. The number of carbonyl (C=O) groups is 2. The predicted octanol–water partition coefficient (Wildman–Crippen LogP) is 6.02. The fraction of sp³-hybridized carbons (Fsp3) is 0.333. The number of aryl methyl sites for hydroxylation is 1. The number of hydrogen-bond donors (Lipinski definition) is 2. The molecule has 12 heteroatoms. The molecule has 0 unspecified atom stereocenters. The van der Waals surface area contributed by atoms with Gasteiger partial charge >= 0.3 is 12.6 Å². The lowest BCUT2D eigenvalue weighted by molar-refractivity contribution is -0.0498. The number of amides is 3. The maximum absolute atomic E-state index is 13.4. The standard InChI is InChI=1S/C33H35F2N7O3/c1-21-3-7-24(8-4-21)39-33(44)41-17-15-40(16-18-41)31(43)27-12-9-25(19-22(27)2)38-29-30-37-20-28(42(30)14-13-36-29)23-5-10-26(11-6-23)45-32(34)35/h3,5-6,9-14,19-20,24,32H,4,7-8,15-18H2,1-2H3,(H,36,38)(H,39,44)/t24-/m1/s1. The van der Waals surface area contributed by atoms with Crippen molar-refractivity contribution in [1.82, 2.24) is 29.5 Å². The number of urea groups is 1. The van der Waals surface area contributed by atoms with Gasteiger partial charge in [0.2, 0.25) is 0 Å². The summed E-state index contributed by atoms with van der Waals surface area (Å²) in [7, 11) is 0. The van der Waals surface area contributed by atoms with E-state index in [1.807, 2.05) is 23.5 Å². The van der Waals surface area contributed by atoms with E-state index >= 15 is 0 Å². The van der Waals surface area contributed by atoms with Crippen molar-refractivity contribution in [3.05, 3.63) is 83.8 Å². The molecule has 0 spiro atoms. The van der Waals surface area contributed by atoms with Gasteiger partial charge in [0.15, 0.2) is 11.5 Å². The Morgan fingerprint density at radius 3 is 2.44 bits per heavy atom. The lowest BCUT2D eigenvalue weighted by Crippen LogP contribution is -2.54. The molecule has 6 rings (SSSR count). The molecule has 3 amide bonds. The molecule has 2 aromatic carbocycles. The molecule has 1 fully saturated rings. The van der Waals surface area contributed by atoms with E-state index in [9.17, 15) is 18.4 Å². The van der Waals surface area contributed by atoms with E-state index in [0.29, 0.717) is 43.2 Å². The lowest BCUT2D eigenvalue weighted by atomic mass is 9.96. The van der Waals surface area contributed by atoms with Crippen LogP contribution in [-0.2, 0) is 0 Å². The van der Waals surface area contributed by atoms with Gasteiger partial charge in [-0.25, -0.2) is 14.8 Å². The van der Waals surface area contributed by atoms with Crippen LogP contribution >= 0.6 is 0 Å². The van der Waals surface area contributed by atoms with Crippen molar-refractivity contribution in [2.45, 2.75) is 45.8 Å². The minimum absolute atomic E-state index is 0.0581. The smallest absolute Gasteiger partial charge is 0.387 e. The zero-order chi connectivity index (χ0) is 31.5. The highest BCUT2D eigenvalue weighted by atomic mass is 19.3. The Bertz CT molecular complexity index is 1730. The van der Waals surface area contributed by atoms with Crippen LogP contribution in [-0.4, -0.2) is 74.9 Å². The molecule has 0 bridgehead atoms. The number of anilines is 2. The first-order valence-electron chi connectivity index (χ1n) is 15.0. The Kier molecular flexibility index (Phi) is 8.63. The van der Waals surface area contributed by atoms with Gasteiger partial charge < -0.3 is 25.2 Å². The first-order chi connectivity index (χ1) is 21.7. The number of fused-ring (bicyclic) bond motifs is 1. The summed E-state index contributed by atoms with van der Waals surface area (Å²) < 4.78 is 31.3.